The molecule has 3 heterocycles. The zero-order chi connectivity index (χ0) is 20.4. The second-order valence-electron chi connectivity index (χ2n) is 7.08. The first kappa shape index (κ1) is 19.8. The average molecular weight is 432 g/mol. The van der Waals surface area contributed by atoms with Crippen LogP contribution in [0.5, 0.6) is 0 Å². The fraction of sp³-hybridized carbons (Fsp3) is 0.350. The second-order valence-corrected chi connectivity index (χ2v) is 10.3. The number of thiophene rings is 1. The molecule has 29 heavy (non-hydrogen) atoms. The van der Waals surface area contributed by atoms with Gasteiger partial charge in [0, 0.05) is 18.7 Å². The predicted molar refractivity (Wildman–Crippen MR) is 110 cm³/mol. The molecule has 1 amide bonds. The number of likely N-dealkylation sites (tertiary alicyclic amines) is 1. The fourth-order valence-electron chi connectivity index (χ4n) is 3.26. The lowest BCUT2D eigenvalue weighted by atomic mass is 10.1. The van der Waals surface area contributed by atoms with E-state index in [1.807, 2.05) is 22.4 Å². The molecule has 152 valence electrons. The zero-order valence-corrected chi connectivity index (χ0v) is 17.6. The Morgan fingerprint density at radius 3 is 2.59 bits per heavy atom. The summed E-state index contributed by atoms with van der Waals surface area (Å²) in [6, 6.07) is 10.5. The van der Waals surface area contributed by atoms with Gasteiger partial charge in [-0.15, -0.1) is 11.3 Å². The average Bonchev–Trinajstić information content (AvgIpc) is 3.49. The van der Waals surface area contributed by atoms with Crippen LogP contribution in [0.25, 0.3) is 10.7 Å². The first-order valence-corrected chi connectivity index (χ1v) is 12.0. The number of nitrogens with zero attached hydrogens (tertiary/aromatic N) is 3. The third-order valence-electron chi connectivity index (χ3n) is 5.03. The first-order chi connectivity index (χ1) is 13.9. The van der Waals surface area contributed by atoms with Crippen LogP contribution in [0.1, 0.15) is 46.8 Å². The van der Waals surface area contributed by atoms with Gasteiger partial charge in [-0.2, -0.15) is 4.98 Å². The number of carbonyl (C=O) groups is 1. The summed E-state index contributed by atoms with van der Waals surface area (Å²) in [6.45, 7) is 3.11. The highest BCUT2D eigenvalue weighted by Gasteiger charge is 2.29. The van der Waals surface area contributed by atoms with Crippen molar-refractivity contribution in [3.63, 3.8) is 0 Å². The monoisotopic (exact) mass is 431 g/mol. The highest BCUT2D eigenvalue weighted by atomic mass is 32.2. The van der Waals surface area contributed by atoms with Crippen LogP contribution in [0.15, 0.2) is 46.3 Å². The van der Waals surface area contributed by atoms with Gasteiger partial charge in [0.05, 0.1) is 10.6 Å². The third kappa shape index (κ3) is 4.25. The van der Waals surface area contributed by atoms with Crippen molar-refractivity contribution < 1.29 is 17.7 Å². The van der Waals surface area contributed by atoms with Crippen molar-refractivity contribution in [2.75, 3.05) is 13.1 Å². The summed E-state index contributed by atoms with van der Waals surface area (Å²) in [5.41, 5.74) is 1.20. The molecule has 0 unspecified atom stereocenters. The van der Waals surface area contributed by atoms with E-state index in [2.05, 4.69) is 10.1 Å². The quantitative estimate of drug-likeness (QED) is 0.591. The Morgan fingerprint density at radius 1 is 1.21 bits per heavy atom. The van der Waals surface area contributed by atoms with E-state index in [9.17, 15) is 13.2 Å². The van der Waals surface area contributed by atoms with E-state index in [4.69, 9.17) is 4.52 Å². The summed E-state index contributed by atoms with van der Waals surface area (Å²) in [5, 5.41) is 4.86. The topological polar surface area (TPSA) is 93.4 Å². The second kappa shape index (κ2) is 8.08. The van der Waals surface area contributed by atoms with Crippen LogP contribution < -0.4 is 0 Å². The lowest BCUT2D eigenvalue weighted by Crippen LogP contribution is -2.27. The van der Waals surface area contributed by atoms with Gasteiger partial charge in [-0.05, 0) is 48.9 Å². The molecule has 0 saturated carbocycles. The van der Waals surface area contributed by atoms with Crippen LogP contribution in [0.2, 0.25) is 0 Å². The molecule has 1 fully saturated rings. The molecule has 1 aromatic carbocycles. The molecule has 2 aromatic heterocycles. The Hall–Kier alpha value is -2.52. The third-order valence-corrected chi connectivity index (χ3v) is 7.91. The SMILES string of the molecule is C[C@H](c1nc(-c2cccs2)no1)S(=O)(=O)Cc1ccc(C(=O)N2CCCC2)cc1. The summed E-state index contributed by atoms with van der Waals surface area (Å²) in [5.74, 6) is 0.302. The van der Waals surface area contributed by atoms with E-state index in [0.717, 1.165) is 30.8 Å². The van der Waals surface area contributed by atoms with E-state index in [-0.39, 0.29) is 17.6 Å². The van der Waals surface area contributed by atoms with Crippen molar-refractivity contribution in [1.82, 2.24) is 15.0 Å². The number of rotatable bonds is 6. The molecule has 7 nitrogen and oxygen atoms in total. The molecule has 0 bridgehead atoms. The largest absolute Gasteiger partial charge is 0.339 e. The predicted octanol–water partition coefficient (Wildman–Crippen LogP) is 3.71. The van der Waals surface area contributed by atoms with Crippen molar-refractivity contribution in [3.05, 3.63) is 58.8 Å². The molecule has 4 rings (SSSR count). The molecule has 0 radical (unpaired) electrons. The Morgan fingerprint density at radius 2 is 1.93 bits per heavy atom. The molecule has 1 atom stereocenters. The van der Waals surface area contributed by atoms with Gasteiger partial charge in [-0.1, -0.05) is 23.4 Å². The number of aromatic nitrogens is 2. The van der Waals surface area contributed by atoms with Crippen LogP contribution in [0, 0.1) is 0 Å². The van der Waals surface area contributed by atoms with Crippen LogP contribution in [0.4, 0.5) is 0 Å². The summed E-state index contributed by atoms with van der Waals surface area (Å²) in [7, 11) is -3.56. The van der Waals surface area contributed by atoms with Crippen LogP contribution in [-0.4, -0.2) is 42.5 Å². The Kier molecular flexibility index (Phi) is 5.51. The van der Waals surface area contributed by atoms with Gasteiger partial charge in [0.2, 0.25) is 11.7 Å². The molecule has 0 aliphatic carbocycles. The minimum Gasteiger partial charge on any atom is -0.339 e. The summed E-state index contributed by atoms with van der Waals surface area (Å²) < 4.78 is 30.8. The molecule has 9 heteroatoms. The zero-order valence-electron chi connectivity index (χ0n) is 15.9. The summed E-state index contributed by atoms with van der Waals surface area (Å²) >= 11 is 1.46. The first-order valence-electron chi connectivity index (χ1n) is 9.41. The highest BCUT2D eigenvalue weighted by Crippen LogP contribution is 2.28. The number of hydrogen-bond acceptors (Lipinski definition) is 7. The minimum atomic E-state index is -3.56. The van der Waals surface area contributed by atoms with Gasteiger partial charge in [-0.25, -0.2) is 8.42 Å². The maximum atomic E-state index is 12.8. The van der Waals surface area contributed by atoms with Crippen LogP contribution in [-0.2, 0) is 15.6 Å². The van der Waals surface area contributed by atoms with Gasteiger partial charge in [-0.3, -0.25) is 4.79 Å². The van der Waals surface area contributed by atoms with Gasteiger partial charge in [0.15, 0.2) is 9.84 Å². The molecular formula is C20H21N3O4S2. The standard InChI is InChI=1S/C20H21N3O4S2/c1-14(19-21-18(22-27-19)17-5-4-12-28-17)29(25,26)13-15-6-8-16(9-7-15)20(24)23-10-2-3-11-23/h4-9,12,14H,2-3,10-11,13H2,1H3/t14-/m1/s1. The van der Waals surface area contributed by atoms with Crippen molar-refractivity contribution in [2.45, 2.75) is 30.8 Å². The molecular weight excluding hydrogens is 410 g/mol. The number of hydrogen-bond donors (Lipinski definition) is 0. The molecule has 0 N–H and O–H groups in total. The number of sulfone groups is 1. The Balaban J connectivity index is 1.46. The molecule has 1 aliphatic rings. The number of amides is 1. The van der Waals surface area contributed by atoms with E-state index >= 15 is 0 Å². The van der Waals surface area contributed by atoms with E-state index in [1.54, 1.807) is 31.2 Å². The lowest BCUT2D eigenvalue weighted by molar-refractivity contribution is 0.0793. The fourth-order valence-corrected chi connectivity index (χ4v) is 5.22. The molecule has 1 aliphatic heterocycles. The Bertz CT molecular complexity index is 1080. The normalized spacial score (nSPS) is 15.6. The molecule has 0 spiro atoms. The summed E-state index contributed by atoms with van der Waals surface area (Å²) in [4.78, 5) is 19.3. The lowest BCUT2D eigenvalue weighted by Gasteiger charge is -2.15. The maximum absolute atomic E-state index is 12.8. The van der Waals surface area contributed by atoms with Gasteiger partial charge in [0.1, 0.15) is 5.25 Å². The van der Waals surface area contributed by atoms with Crippen molar-refractivity contribution in [2.24, 2.45) is 0 Å². The van der Waals surface area contributed by atoms with Crippen molar-refractivity contribution in [3.8, 4) is 10.7 Å². The van der Waals surface area contributed by atoms with Gasteiger partial charge >= 0.3 is 0 Å². The maximum Gasteiger partial charge on any atom is 0.253 e. The van der Waals surface area contributed by atoms with Gasteiger partial charge in [0.25, 0.3) is 5.91 Å². The minimum absolute atomic E-state index is 0.00255. The summed E-state index contributed by atoms with van der Waals surface area (Å²) in [6.07, 6.45) is 2.06. The number of carbonyl (C=O) groups excluding carboxylic acids is 1. The van der Waals surface area contributed by atoms with Crippen molar-refractivity contribution >= 4 is 27.1 Å². The van der Waals surface area contributed by atoms with E-state index in [1.165, 1.54) is 11.3 Å². The van der Waals surface area contributed by atoms with Crippen molar-refractivity contribution in [1.29, 1.82) is 0 Å². The highest BCUT2D eigenvalue weighted by molar-refractivity contribution is 7.90. The molecule has 3 aromatic rings. The van der Waals surface area contributed by atoms with E-state index < -0.39 is 15.1 Å². The van der Waals surface area contributed by atoms with E-state index in [0.29, 0.717) is 17.0 Å². The van der Waals surface area contributed by atoms with Crippen LogP contribution in [0.3, 0.4) is 0 Å². The van der Waals surface area contributed by atoms with Crippen LogP contribution >= 0.6 is 11.3 Å². The Labute approximate surface area is 173 Å². The number of benzene rings is 1. The smallest absolute Gasteiger partial charge is 0.253 e. The van der Waals surface area contributed by atoms with Gasteiger partial charge < -0.3 is 9.42 Å². The molecule has 1 saturated heterocycles.